The van der Waals surface area contributed by atoms with Gasteiger partial charge < -0.3 is 10.1 Å². The van der Waals surface area contributed by atoms with Crippen LogP contribution in [0.4, 0.5) is 5.69 Å². The van der Waals surface area contributed by atoms with Gasteiger partial charge in [0.2, 0.25) is 10.0 Å². The second kappa shape index (κ2) is 6.36. The Labute approximate surface area is 114 Å². The van der Waals surface area contributed by atoms with Crippen LogP contribution >= 0.6 is 0 Å². The van der Waals surface area contributed by atoms with Crippen LogP contribution in [0.25, 0.3) is 0 Å². The van der Waals surface area contributed by atoms with Crippen LogP contribution in [-0.4, -0.2) is 33.9 Å². The molecule has 0 aliphatic carbocycles. The van der Waals surface area contributed by atoms with E-state index < -0.39 is 10.0 Å². The number of nitrogens with one attached hydrogen (secondary N) is 2. The van der Waals surface area contributed by atoms with E-state index in [9.17, 15) is 8.42 Å². The number of hydrogen-bond acceptors (Lipinski definition) is 4. The average Bonchev–Trinajstić information content (AvgIpc) is 2.83. The van der Waals surface area contributed by atoms with Gasteiger partial charge >= 0.3 is 0 Å². The normalized spacial score (nSPS) is 19.5. The summed E-state index contributed by atoms with van der Waals surface area (Å²) in [5, 5.41) is 3.04. The first kappa shape index (κ1) is 14.3. The Morgan fingerprint density at radius 2 is 2.05 bits per heavy atom. The third-order valence-corrected chi connectivity index (χ3v) is 4.39. The highest BCUT2D eigenvalue weighted by Crippen LogP contribution is 2.16. The molecule has 19 heavy (non-hydrogen) atoms. The van der Waals surface area contributed by atoms with Gasteiger partial charge in [0.25, 0.3) is 0 Å². The summed E-state index contributed by atoms with van der Waals surface area (Å²) in [6.07, 6.45) is 1.60. The lowest BCUT2D eigenvalue weighted by molar-refractivity contribution is 0.127. The van der Waals surface area contributed by atoms with Gasteiger partial charge in [0.05, 0.1) is 11.9 Å². The number of benzene rings is 1. The standard InChI is InChI=1S/C13H20N2O3S/c1-14-9-11-4-6-12(7-5-11)15-19(16,17)10-13-3-2-8-18-13/h4-7,13-15H,2-3,8-10H2,1H3. The molecule has 0 spiro atoms. The second-order valence-corrected chi connectivity index (χ2v) is 6.51. The van der Waals surface area contributed by atoms with Crippen LogP contribution in [0.15, 0.2) is 24.3 Å². The zero-order valence-electron chi connectivity index (χ0n) is 11.1. The molecular weight excluding hydrogens is 264 g/mol. The molecular formula is C13H20N2O3S. The van der Waals surface area contributed by atoms with Crippen molar-refractivity contribution in [3.63, 3.8) is 0 Å². The fourth-order valence-electron chi connectivity index (χ4n) is 2.14. The number of anilines is 1. The van der Waals surface area contributed by atoms with Gasteiger partial charge in [0.1, 0.15) is 0 Å². The average molecular weight is 284 g/mol. The molecule has 0 aromatic heterocycles. The summed E-state index contributed by atoms with van der Waals surface area (Å²) in [4.78, 5) is 0. The smallest absolute Gasteiger partial charge is 0.235 e. The molecule has 1 aliphatic heterocycles. The monoisotopic (exact) mass is 284 g/mol. The summed E-state index contributed by atoms with van der Waals surface area (Å²) in [5.74, 6) is 0.0330. The summed E-state index contributed by atoms with van der Waals surface area (Å²) in [7, 11) is -1.46. The summed E-state index contributed by atoms with van der Waals surface area (Å²) in [5.41, 5.74) is 1.71. The Morgan fingerprint density at radius 3 is 2.63 bits per heavy atom. The topological polar surface area (TPSA) is 67.4 Å². The molecule has 0 radical (unpaired) electrons. The molecule has 1 heterocycles. The van der Waals surface area contributed by atoms with Crippen LogP contribution in [-0.2, 0) is 21.3 Å². The Bertz CT molecular complexity index is 493. The number of rotatable bonds is 6. The van der Waals surface area contributed by atoms with Crippen molar-refractivity contribution in [2.45, 2.75) is 25.5 Å². The van der Waals surface area contributed by atoms with E-state index in [1.807, 2.05) is 19.2 Å². The van der Waals surface area contributed by atoms with E-state index in [1.165, 1.54) is 0 Å². The van der Waals surface area contributed by atoms with E-state index in [4.69, 9.17) is 4.74 Å². The third kappa shape index (κ3) is 4.49. The maximum Gasteiger partial charge on any atom is 0.235 e. The van der Waals surface area contributed by atoms with E-state index in [0.29, 0.717) is 12.3 Å². The van der Waals surface area contributed by atoms with Crippen molar-refractivity contribution in [1.29, 1.82) is 0 Å². The fourth-order valence-corrected chi connectivity index (χ4v) is 3.47. The van der Waals surface area contributed by atoms with E-state index >= 15 is 0 Å². The molecule has 2 N–H and O–H groups in total. The second-order valence-electron chi connectivity index (χ2n) is 4.75. The van der Waals surface area contributed by atoms with Gasteiger partial charge in [0, 0.05) is 18.8 Å². The fraction of sp³-hybridized carbons (Fsp3) is 0.538. The molecule has 0 amide bonds. The van der Waals surface area contributed by atoms with Crippen molar-refractivity contribution >= 4 is 15.7 Å². The summed E-state index contributed by atoms with van der Waals surface area (Å²) in [6, 6.07) is 7.36. The van der Waals surface area contributed by atoms with Crippen molar-refractivity contribution in [3.8, 4) is 0 Å². The Hall–Kier alpha value is -1.11. The largest absolute Gasteiger partial charge is 0.377 e. The zero-order valence-corrected chi connectivity index (χ0v) is 11.9. The van der Waals surface area contributed by atoms with Gasteiger partial charge in [-0.3, -0.25) is 4.72 Å². The van der Waals surface area contributed by atoms with Gasteiger partial charge in [-0.2, -0.15) is 0 Å². The molecule has 0 bridgehead atoms. The first-order valence-corrected chi connectivity index (χ1v) is 8.10. The minimum absolute atomic E-state index is 0.0330. The van der Waals surface area contributed by atoms with E-state index in [1.54, 1.807) is 12.1 Å². The third-order valence-electron chi connectivity index (χ3n) is 3.04. The lowest BCUT2D eigenvalue weighted by atomic mass is 10.2. The van der Waals surface area contributed by atoms with Gasteiger partial charge in [-0.05, 0) is 37.6 Å². The van der Waals surface area contributed by atoms with Gasteiger partial charge in [-0.15, -0.1) is 0 Å². The maximum absolute atomic E-state index is 12.0. The highest BCUT2D eigenvalue weighted by molar-refractivity contribution is 7.92. The quantitative estimate of drug-likeness (QED) is 0.827. The van der Waals surface area contributed by atoms with Crippen LogP contribution in [0.2, 0.25) is 0 Å². The SMILES string of the molecule is CNCc1ccc(NS(=O)(=O)CC2CCCO2)cc1. The van der Waals surface area contributed by atoms with Crippen molar-refractivity contribution < 1.29 is 13.2 Å². The maximum atomic E-state index is 12.0. The predicted molar refractivity (Wildman–Crippen MR) is 75.6 cm³/mol. The van der Waals surface area contributed by atoms with Crippen LogP contribution < -0.4 is 10.0 Å². The molecule has 1 fully saturated rings. The molecule has 1 saturated heterocycles. The molecule has 1 aromatic rings. The lowest BCUT2D eigenvalue weighted by Crippen LogP contribution is -2.25. The Balaban J connectivity index is 1.94. The summed E-state index contributed by atoms with van der Waals surface area (Å²) >= 11 is 0. The van der Waals surface area contributed by atoms with Crippen LogP contribution in [0.1, 0.15) is 18.4 Å². The van der Waals surface area contributed by atoms with Gasteiger partial charge in [-0.25, -0.2) is 8.42 Å². The number of hydrogen-bond donors (Lipinski definition) is 2. The Kier molecular flexibility index (Phi) is 4.79. The molecule has 106 valence electrons. The highest BCUT2D eigenvalue weighted by atomic mass is 32.2. The van der Waals surface area contributed by atoms with Gasteiger partial charge in [0.15, 0.2) is 0 Å². The van der Waals surface area contributed by atoms with Crippen LogP contribution in [0.5, 0.6) is 0 Å². The Morgan fingerprint density at radius 1 is 1.32 bits per heavy atom. The minimum atomic E-state index is -3.33. The first-order valence-electron chi connectivity index (χ1n) is 6.45. The molecule has 6 heteroatoms. The van der Waals surface area contributed by atoms with Crippen molar-refractivity contribution in [2.75, 3.05) is 24.1 Å². The van der Waals surface area contributed by atoms with Crippen molar-refractivity contribution in [1.82, 2.24) is 5.32 Å². The van der Waals surface area contributed by atoms with Crippen LogP contribution in [0, 0.1) is 0 Å². The van der Waals surface area contributed by atoms with Crippen LogP contribution in [0.3, 0.4) is 0 Å². The van der Waals surface area contributed by atoms with E-state index in [-0.39, 0.29) is 11.9 Å². The lowest BCUT2D eigenvalue weighted by Gasteiger charge is -2.12. The van der Waals surface area contributed by atoms with Crippen molar-refractivity contribution in [2.24, 2.45) is 0 Å². The molecule has 1 aromatic carbocycles. The first-order chi connectivity index (χ1) is 9.09. The predicted octanol–water partition coefficient (Wildman–Crippen LogP) is 1.33. The van der Waals surface area contributed by atoms with Crippen molar-refractivity contribution in [3.05, 3.63) is 29.8 Å². The summed E-state index contributed by atoms with van der Waals surface area (Å²) < 4.78 is 31.9. The molecule has 1 aliphatic rings. The minimum Gasteiger partial charge on any atom is -0.377 e. The van der Waals surface area contributed by atoms with Gasteiger partial charge in [-0.1, -0.05) is 12.1 Å². The summed E-state index contributed by atoms with van der Waals surface area (Å²) in [6.45, 7) is 1.43. The molecule has 1 atom stereocenters. The molecule has 5 nitrogen and oxygen atoms in total. The number of sulfonamides is 1. The number of ether oxygens (including phenoxy) is 1. The zero-order chi connectivity index (χ0) is 13.7. The molecule has 0 saturated carbocycles. The molecule has 1 unspecified atom stereocenters. The van der Waals surface area contributed by atoms with E-state index in [2.05, 4.69) is 10.0 Å². The molecule has 2 rings (SSSR count). The van der Waals surface area contributed by atoms with E-state index in [0.717, 1.165) is 24.9 Å². The highest BCUT2D eigenvalue weighted by Gasteiger charge is 2.23.